The van der Waals surface area contributed by atoms with Crippen molar-refractivity contribution in [2.45, 2.75) is 16.8 Å². The van der Waals surface area contributed by atoms with Crippen molar-refractivity contribution in [1.82, 2.24) is 5.32 Å². The van der Waals surface area contributed by atoms with Gasteiger partial charge in [0, 0.05) is 5.88 Å². The van der Waals surface area contributed by atoms with Crippen LogP contribution in [0.5, 0.6) is 0 Å². The van der Waals surface area contributed by atoms with Gasteiger partial charge in [0.1, 0.15) is 6.61 Å². The summed E-state index contributed by atoms with van der Waals surface area (Å²) in [5.41, 5.74) is 0. The van der Waals surface area contributed by atoms with Crippen LogP contribution in [0.25, 0.3) is 0 Å². The minimum absolute atomic E-state index is 0.0372. The third-order valence-electron chi connectivity index (χ3n) is 2.15. The predicted molar refractivity (Wildman–Crippen MR) is 74.1 cm³/mol. The molecule has 3 unspecified atom stereocenters. The maximum absolute atomic E-state index is 11.3. The summed E-state index contributed by atoms with van der Waals surface area (Å²) in [5.74, 6) is 0.166. The number of alkyl halides is 3. The van der Waals surface area contributed by atoms with E-state index < -0.39 is 21.3 Å². The average Bonchev–Trinajstić information content (AvgIpc) is 2.48. The fourth-order valence-corrected chi connectivity index (χ4v) is 4.26. The van der Waals surface area contributed by atoms with E-state index in [1.54, 1.807) is 0 Å². The molecule has 0 aromatic heterocycles. The van der Waals surface area contributed by atoms with Gasteiger partial charge in [-0.25, -0.2) is 8.42 Å². The summed E-state index contributed by atoms with van der Waals surface area (Å²) in [6.07, 6.45) is 0. The molecule has 3 atom stereocenters. The SMILES string of the molecule is O=S1(=O)CC(Cl)C(NC(=S)OCC(Cl)CCl)C1. The standard InChI is InChI=1S/C8H12Cl3NO3S2/c9-1-5(10)2-15-8(16)12-7-4-17(13,14)3-6(7)11/h5-7H,1-4H2,(H,12,16). The van der Waals surface area contributed by atoms with Gasteiger partial charge in [-0.15, -0.1) is 34.8 Å². The van der Waals surface area contributed by atoms with Crippen molar-refractivity contribution < 1.29 is 13.2 Å². The van der Waals surface area contributed by atoms with Gasteiger partial charge in [0.15, 0.2) is 9.84 Å². The first-order valence-electron chi connectivity index (χ1n) is 4.82. The van der Waals surface area contributed by atoms with Crippen molar-refractivity contribution in [1.29, 1.82) is 0 Å². The van der Waals surface area contributed by atoms with Gasteiger partial charge in [-0.1, -0.05) is 0 Å². The molecule has 0 aromatic rings. The average molecular weight is 341 g/mol. The summed E-state index contributed by atoms with van der Waals surface area (Å²) in [7, 11) is -3.08. The minimum atomic E-state index is -3.08. The van der Waals surface area contributed by atoms with Crippen LogP contribution in [0.4, 0.5) is 0 Å². The van der Waals surface area contributed by atoms with Crippen LogP contribution in [0.1, 0.15) is 0 Å². The van der Waals surface area contributed by atoms with Crippen LogP contribution >= 0.6 is 47.0 Å². The zero-order chi connectivity index (χ0) is 13.1. The number of rotatable bonds is 4. The van der Waals surface area contributed by atoms with Crippen LogP contribution in [-0.4, -0.2) is 54.4 Å². The quantitative estimate of drug-likeness (QED) is 0.614. The highest BCUT2D eigenvalue weighted by molar-refractivity contribution is 7.91. The van der Waals surface area contributed by atoms with Gasteiger partial charge in [0.05, 0.1) is 28.3 Å². The number of halogens is 3. The summed E-state index contributed by atoms with van der Waals surface area (Å²) >= 11 is 22.0. The van der Waals surface area contributed by atoms with Gasteiger partial charge in [0.2, 0.25) is 0 Å². The Bertz CT molecular complexity index is 376. The smallest absolute Gasteiger partial charge is 0.256 e. The van der Waals surface area contributed by atoms with Crippen LogP contribution in [0.2, 0.25) is 0 Å². The maximum Gasteiger partial charge on any atom is 0.256 e. The monoisotopic (exact) mass is 339 g/mol. The fourth-order valence-electron chi connectivity index (χ4n) is 1.34. The first-order valence-corrected chi connectivity index (χ1v) is 8.45. The van der Waals surface area contributed by atoms with Gasteiger partial charge in [-0.3, -0.25) is 0 Å². The molecule has 1 saturated heterocycles. The topological polar surface area (TPSA) is 55.4 Å². The van der Waals surface area contributed by atoms with Crippen LogP contribution in [0.15, 0.2) is 0 Å². The summed E-state index contributed by atoms with van der Waals surface area (Å²) in [4.78, 5) is 0. The molecule has 0 spiro atoms. The lowest BCUT2D eigenvalue weighted by Crippen LogP contribution is -2.41. The Morgan fingerprint density at radius 1 is 1.53 bits per heavy atom. The molecule has 1 heterocycles. The molecule has 0 bridgehead atoms. The summed E-state index contributed by atoms with van der Waals surface area (Å²) in [6.45, 7) is 0.170. The van der Waals surface area contributed by atoms with E-state index in [0.29, 0.717) is 0 Å². The van der Waals surface area contributed by atoms with Gasteiger partial charge in [-0.2, -0.15) is 0 Å². The Morgan fingerprint density at radius 2 is 2.18 bits per heavy atom. The molecule has 0 saturated carbocycles. The molecule has 0 aliphatic carbocycles. The Morgan fingerprint density at radius 3 is 2.65 bits per heavy atom. The van der Waals surface area contributed by atoms with E-state index in [-0.39, 0.29) is 34.5 Å². The molecule has 4 nitrogen and oxygen atoms in total. The van der Waals surface area contributed by atoms with Crippen LogP contribution in [0, 0.1) is 0 Å². The fraction of sp³-hybridized carbons (Fsp3) is 0.875. The second kappa shape index (κ2) is 6.61. The van der Waals surface area contributed by atoms with E-state index in [9.17, 15) is 8.42 Å². The van der Waals surface area contributed by atoms with E-state index in [1.807, 2.05) is 0 Å². The molecule has 1 N–H and O–H groups in total. The third kappa shape index (κ3) is 5.34. The molecule has 1 rings (SSSR count). The number of thiocarbonyl (C=S) groups is 1. The van der Waals surface area contributed by atoms with Crippen LogP contribution in [0.3, 0.4) is 0 Å². The highest BCUT2D eigenvalue weighted by Gasteiger charge is 2.37. The Hall–Kier alpha value is 0.510. The second-order valence-electron chi connectivity index (χ2n) is 3.69. The maximum atomic E-state index is 11.3. The minimum Gasteiger partial charge on any atom is -0.469 e. The molecular formula is C8H12Cl3NO3S2. The second-order valence-corrected chi connectivity index (χ2v) is 7.70. The molecule has 100 valence electrons. The van der Waals surface area contributed by atoms with Gasteiger partial charge in [-0.05, 0) is 12.2 Å². The lowest BCUT2D eigenvalue weighted by molar-refractivity contribution is 0.298. The largest absolute Gasteiger partial charge is 0.469 e. The molecule has 0 aromatic carbocycles. The normalized spacial score (nSPS) is 28.6. The Labute approximate surface area is 121 Å². The third-order valence-corrected chi connectivity index (χ3v) is 5.57. The van der Waals surface area contributed by atoms with Crippen molar-refractivity contribution in [3.8, 4) is 0 Å². The summed E-state index contributed by atoms with van der Waals surface area (Å²) in [5, 5.41) is 2.02. The summed E-state index contributed by atoms with van der Waals surface area (Å²) < 4.78 is 27.7. The molecule has 1 fully saturated rings. The van der Waals surface area contributed by atoms with E-state index in [2.05, 4.69) is 5.32 Å². The van der Waals surface area contributed by atoms with E-state index >= 15 is 0 Å². The van der Waals surface area contributed by atoms with Crippen molar-refractivity contribution in [3.05, 3.63) is 0 Å². The van der Waals surface area contributed by atoms with E-state index in [4.69, 9.17) is 51.8 Å². The molecule has 1 aliphatic heterocycles. The van der Waals surface area contributed by atoms with Crippen LogP contribution in [-0.2, 0) is 14.6 Å². The zero-order valence-corrected chi connectivity index (χ0v) is 12.6. The van der Waals surface area contributed by atoms with Crippen LogP contribution < -0.4 is 5.32 Å². The molecule has 1 aliphatic rings. The number of hydrogen-bond donors (Lipinski definition) is 1. The summed E-state index contributed by atoms with van der Waals surface area (Å²) in [6, 6.07) is -0.418. The Kier molecular flexibility index (Phi) is 6.05. The number of sulfone groups is 1. The lowest BCUT2D eigenvalue weighted by atomic mass is 10.3. The highest BCUT2D eigenvalue weighted by atomic mass is 35.5. The molecule has 0 amide bonds. The van der Waals surface area contributed by atoms with Crippen molar-refractivity contribution in [3.63, 3.8) is 0 Å². The molecule has 0 radical (unpaired) electrons. The van der Waals surface area contributed by atoms with Crippen molar-refractivity contribution in [2.75, 3.05) is 24.0 Å². The van der Waals surface area contributed by atoms with Crippen molar-refractivity contribution in [2.24, 2.45) is 0 Å². The van der Waals surface area contributed by atoms with E-state index in [0.717, 1.165) is 0 Å². The van der Waals surface area contributed by atoms with Gasteiger partial charge in [0.25, 0.3) is 5.17 Å². The zero-order valence-electron chi connectivity index (χ0n) is 8.74. The first-order chi connectivity index (χ1) is 7.84. The first kappa shape index (κ1) is 15.6. The molecule has 9 heteroatoms. The predicted octanol–water partition coefficient (Wildman–Crippen LogP) is 1.13. The van der Waals surface area contributed by atoms with Gasteiger partial charge < -0.3 is 10.1 Å². The number of hydrogen-bond acceptors (Lipinski definition) is 4. The van der Waals surface area contributed by atoms with Gasteiger partial charge >= 0.3 is 0 Å². The molecular weight excluding hydrogens is 329 g/mol. The molecule has 17 heavy (non-hydrogen) atoms. The number of ether oxygens (including phenoxy) is 1. The number of nitrogens with one attached hydrogen (secondary N) is 1. The highest BCUT2D eigenvalue weighted by Crippen LogP contribution is 2.18. The van der Waals surface area contributed by atoms with Crippen molar-refractivity contribution >= 4 is 62.0 Å². The lowest BCUT2D eigenvalue weighted by Gasteiger charge is -2.17. The van der Waals surface area contributed by atoms with E-state index in [1.165, 1.54) is 0 Å². The Balaban J connectivity index is 2.37.